The number of nitrogens with zero attached hydrogens (tertiary/aromatic N) is 1. The monoisotopic (exact) mass is 220 g/mol. The number of fused-ring (bicyclic) bond motifs is 1. The minimum Gasteiger partial charge on any atom is -0.398 e. The molecule has 2 N–H and O–H groups in total. The summed E-state index contributed by atoms with van der Waals surface area (Å²) in [5.41, 5.74) is 7.09. The molecule has 0 bridgehead atoms. The lowest BCUT2D eigenvalue weighted by atomic mass is 10.1. The predicted octanol–water partition coefficient (Wildman–Crippen LogP) is 2.97. The first kappa shape index (κ1) is 9.51. The number of anilines is 1. The quantitative estimate of drug-likeness (QED) is 0.802. The maximum atomic E-state index is 13.5. The van der Waals surface area contributed by atoms with Gasteiger partial charge in [0.25, 0.3) is 0 Å². The van der Waals surface area contributed by atoms with Gasteiger partial charge in [-0.3, -0.25) is 0 Å². The summed E-state index contributed by atoms with van der Waals surface area (Å²) in [6.45, 7) is 0. The van der Waals surface area contributed by atoms with E-state index in [0.29, 0.717) is 17.0 Å². The summed E-state index contributed by atoms with van der Waals surface area (Å²) in [6.07, 6.45) is 2.10. The van der Waals surface area contributed by atoms with Crippen LogP contribution in [0, 0.1) is 11.6 Å². The Morgan fingerprint density at radius 1 is 1.25 bits per heavy atom. The highest BCUT2D eigenvalue weighted by Gasteiger charge is 2.26. The van der Waals surface area contributed by atoms with Crippen molar-refractivity contribution in [2.45, 2.75) is 18.8 Å². The topological polar surface area (TPSA) is 38.9 Å². The molecule has 1 fully saturated rings. The van der Waals surface area contributed by atoms with Crippen molar-refractivity contribution in [2.24, 2.45) is 0 Å². The number of hydrogen-bond donors (Lipinski definition) is 1. The summed E-state index contributed by atoms with van der Waals surface area (Å²) < 4.78 is 26.6. The molecule has 3 rings (SSSR count). The zero-order chi connectivity index (χ0) is 11.3. The third kappa shape index (κ3) is 1.33. The van der Waals surface area contributed by atoms with E-state index in [1.165, 1.54) is 6.07 Å². The molecule has 2 nitrogen and oxygen atoms in total. The highest BCUT2D eigenvalue weighted by Crippen LogP contribution is 2.40. The van der Waals surface area contributed by atoms with Crippen molar-refractivity contribution in [1.82, 2.24) is 4.98 Å². The molecule has 0 amide bonds. The van der Waals surface area contributed by atoms with Crippen molar-refractivity contribution >= 4 is 16.6 Å². The van der Waals surface area contributed by atoms with Crippen LogP contribution in [0.1, 0.15) is 24.5 Å². The summed E-state index contributed by atoms with van der Waals surface area (Å²) in [6, 6.07) is 4.30. The molecule has 0 unspecified atom stereocenters. The van der Waals surface area contributed by atoms with E-state index in [-0.39, 0.29) is 5.52 Å². The average Bonchev–Trinajstić information content (AvgIpc) is 3.07. The second-order valence-corrected chi connectivity index (χ2v) is 4.17. The fourth-order valence-corrected chi connectivity index (χ4v) is 1.87. The molecule has 16 heavy (non-hydrogen) atoms. The van der Waals surface area contributed by atoms with E-state index in [4.69, 9.17) is 5.73 Å². The predicted molar refractivity (Wildman–Crippen MR) is 58.0 cm³/mol. The lowest BCUT2D eigenvalue weighted by molar-refractivity contribution is 0.515. The largest absolute Gasteiger partial charge is 0.398 e. The number of nitrogens with two attached hydrogens (primary N) is 1. The standard InChI is InChI=1S/C12H10F2N2/c13-8-4-3-7-9(15)5-10(6-1-2-6)16-12(7)11(8)14/h3-6H,1-2H2,(H2,15,16). The van der Waals surface area contributed by atoms with E-state index in [9.17, 15) is 8.78 Å². The first-order valence-electron chi connectivity index (χ1n) is 5.21. The minimum atomic E-state index is -0.910. The zero-order valence-corrected chi connectivity index (χ0v) is 8.50. The van der Waals surface area contributed by atoms with Crippen molar-refractivity contribution in [3.63, 3.8) is 0 Å². The van der Waals surface area contributed by atoms with Crippen molar-refractivity contribution in [3.8, 4) is 0 Å². The van der Waals surface area contributed by atoms with E-state index >= 15 is 0 Å². The molecule has 4 heteroatoms. The van der Waals surface area contributed by atoms with Crippen LogP contribution in [-0.2, 0) is 0 Å². The molecule has 1 aromatic carbocycles. The Balaban J connectivity index is 2.33. The highest BCUT2D eigenvalue weighted by atomic mass is 19.2. The normalized spacial score (nSPS) is 15.6. The summed E-state index contributed by atoms with van der Waals surface area (Å²) in [4.78, 5) is 4.16. The maximum absolute atomic E-state index is 13.5. The van der Waals surface area contributed by atoms with Gasteiger partial charge in [-0.15, -0.1) is 0 Å². The van der Waals surface area contributed by atoms with E-state index in [1.807, 2.05) is 0 Å². The molecule has 1 aliphatic rings. The van der Waals surface area contributed by atoms with E-state index in [2.05, 4.69) is 4.98 Å². The van der Waals surface area contributed by atoms with Gasteiger partial charge in [0.1, 0.15) is 5.52 Å². The molecule has 1 saturated carbocycles. The molecule has 0 aliphatic heterocycles. The van der Waals surface area contributed by atoms with Gasteiger partial charge in [0, 0.05) is 22.7 Å². The summed E-state index contributed by atoms with van der Waals surface area (Å²) >= 11 is 0. The Morgan fingerprint density at radius 2 is 2.00 bits per heavy atom. The third-order valence-corrected chi connectivity index (χ3v) is 2.92. The first-order valence-corrected chi connectivity index (χ1v) is 5.21. The number of halogens is 2. The molecular weight excluding hydrogens is 210 g/mol. The van der Waals surface area contributed by atoms with Crippen LogP contribution in [0.2, 0.25) is 0 Å². The van der Waals surface area contributed by atoms with Gasteiger partial charge in [-0.25, -0.2) is 13.8 Å². The lowest BCUT2D eigenvalue weighted by Gasteiger charge is -2.06. The number of nitrogen functional groups attached to an aromatic ring is 1. The number of aromatic nitrogens is 1. The van der Waals surface area contributed by atoms with Crippen LogP contribution >= 0.6 is 0 Å². The number of pyridine rings is 1. The van der Waals surface area contributed by atoms with Crippen LogP contribution in [0.5, 0.6) is 0 Å². The van der Waals surface area contributed by atoms with Crippen molar-refractivity contribution in [1.29, 1.82) is 0 Å². The van der Waals surface area contributed by atoms with Crippen LogP contribution < -0.4 is 5.73 Å². The van der Waals surface area contributed by atoms with Crippen LogP contribution in [0.3, 0.4) is 0 Å². The van der Waals surface area contributed by atoms with Gasteiger partial charge in [0.15, 0.2) is 11.6 Å². The van der Waals surface area contributed by atoms with Crippen LogP contribution in [0.4, 0.5) is 14.5 Å². The summed E-state index contributed by atoms with van der Waals surface area (Å²) in [5, 5.41) is 0.475. The van der Waals surface area contributed by atoms with Gasteiger partial charge in [-0.05, 0) is 31.0 Å². The molecule has 0 radical (unpaired) electrons. The van der Waals surface area contributed by atoms with Crippen LogP contribution in [-0.4, -0.2) is 4.98 Å². The van der Waals surface area contributed by atoms with Gasteiger partial charge >= 0.3 is 0 Å². The SMILES string of the molecule is Nc1cc(C2CC2)nc2c(F)c(F)ccc12. The van der Waals surface area contributed by atoms with E-state index in [1.54, 1.807) is 6.07 Å². The summed E-state index contributed by atoms with van der Waals surface area (Å²) in [5.74, 6) is -1.42. The third-order valence-electron chi connectivity index (χ3n) is 2.92. The Bertz CT molecular complexity index is 577. The average molecular weight is 220 g/mol. The fourth-order valence-electron chi connectivity index (χ4n) is 1.87. The van der Waals surface area contributed by atoms with E-state index in [0.717, 1.165) is 24.6 Å². The number of benzene rings is 1. The molecule has 0 saturated heterocycles. The number of rotatable bonds is 1. The van der Waals surface area contributed by atoms with Crippen molar-refractivity contribution in [2.75, 3.05) is 5.73 Å². The van der Waals surface area contributed by atoms with Gasteiger partial charge in [0.05, 0.1) is 0 Å². The molecule has 82 valence electrons. The molecular formula is C12H10F2N2. The van der Waals surface area contributed by atoms with E-state index < -0.39 is 11.6 Å². The second-order valence-electron chi connectivity index (χ2n) is 4.17. The van der Waals surface area contributed by atoms with Gasteiger partial charge in [-0.2, -0.15) is 0 Å². The Kier molecular flexibility index (Phi) is 1.87. The zero-order valence-electron chi connectivity index (χ0n) is 8.50. The number of hydrogen-bond acceptors (Lipinski definition) is 2. The van der Waals surface area contributed by atoms with Gasteiger partial charge < -0.3 is 5.73 Å². The molecule has 0 atom stereocenters. The maximum Gasteiger partial charge on any atom is 0.185 e. The Hall–Kier alpha value is -1.71. The molecule has 1 aromatic heterocycles. The van der Waals surface area contributed by atoms with Crippen molar-refractivity contribution < 1.29 is 8.78 Å². The molecule has 1 heterocycles. The molecule has 0 spiro atoms. The smallest absolute Gasteiger partial charge is 0.185 e. The molecule has 1 aliphatic carbocycles. The molecule has 2 aromatic rings. The summed E-state index contributed by atoms with van der Waals surface area (Å²) in [7, 11) is 0. The van der Waals surface area contributed by atoms with Crippen LogP contribution in [0.15, 0.2) is 18.2 Å². The first-order chi connectivity index (χ1) is 7.66. The fraction of sp³-hybridized carbons (Fsp3) is 0.250. The van der Waals surface area contributed by atoms with Gasteiger partial charge in [0.2, 0.25) is 0 Å². The lowest BCUT2D eigenvalue weighted by Crippen LogP contribution is -1.98. The van der Waals surface area contributed by atoms with Crippen molar-refractivity contribution in [3.05, 3.63) is 35.5 Å². The highest BCUT2D eigenvalue weighted by molar-refractivity contribution is 5.90. The Labute approximate surface area is 91.1 Å². The van der Waals surface area contributed by atoms with Gasteiger partial charge in [-0.1, -0.05) is 0 Å². The minimum absolute atomic E-state index is 0.0434. The second kappa shape index (κ2) is 3.14. The van der Waals surface area contributed by atoms with Crippen LogP contribution in [0.25, 0.3) is 10.9 Å². The Morgan fingerprint density at radius 3 is 2.69 bits per heavy atom.